The van der Waals surface area contributed by atoms with Crippen LogP contribution >= 0.6 is 0 Å². The molecule has 10 nitrogen and oxygen atoms in total. The maximum Gasteiger partial charge on any atom is 0.401 e. The Balaban J connectivity index is 1.14. The number of benzene rings is 1. The molecule has 0 bridgehead atoms. The molecule has 6 rings (SSSR count). The highest BCUT2D eigenvalue weighted by Gasteiger charge is 2.32. The zero-order chi connectivity index (χ0) is 27.0. The zero-order valence-electron chi connectivity index (χ0n) is 21.0. The van der Waals surface area contributed by atoms with Crippen molar-refractivity contribution in [3.8, 4) is 0 Å². The average molecular weight is 545 g/mol. The van der Waals surface area contributed by atoms with E-state index in [-0.39, 0.29) is 17.7 Å². The summed E-state index contributed by atoms with van der Waals surface area (Å²) in [5, 5.41) is 6.23. The molecule has 5 heterocycles. The van der Waals surface area contributed by atoms with Crippen molar-refractivity contribution in [2.45, 2.75) is 37.9 Å². The van der Waals surface area contributed by atoms with E-state index < -0.39 is 18.5 Å². The first-order valence-corrected chi connectivity index (χ1v) is 12.9. The van der Waals surface area contributed by atoms with Gasteiger partial charge in [-0.2, -0.15) is 23.1 Å². The lowest BCUT2D eigenvalue weighted by Crippen LogP contribution is -2.43. The highest BCUT2D eigenvalue weighted by Crippen LogP contribution is 2.28. The molecule has 2 aliphatic heterocycles. The van der Waals surface area contributed by atoms with Crippen molar-refractivity contribution in [3.05, 3.63) is 48.1 Å². The fourth-order valence-corrected chi connectivity index (χ4v) is 5.25. The third-order valence-corrected chi connectivity index (χ3v) is 7.20. The van der Waals surface area contributed by atoms with Gasteiger partial charge in [0.25, 0.3) is 0 Å². The molecule has 14 heteroatoms. The summed E-state index contributed by atoms with van der Waals surface area (Å²) < 4.78 is 53.0. The van der Waals surface area contributed by atoms with Gasteiger partial charge >= 0.3 is 6.18 Å². The molecule has 1 aromatic carbocycles. The molecule has 0 saturated carbocycles. The van der Waals surface area contributed by atoms with Crippen LogP contribution in [0.2, 0.25) is 0 Å². The lowest BCUT2D eigenvalue weighted by Gasteiger charge is -2.33. The summed E-state index contributed by atoms with van der Waals surface area (Å²) in [5.41, 5.74) is 4.12. The molecule has 2 aliphatic rings. The van der Waals surface area contributed by atoms with Crippen molar-refractivity contribution in [2.75, 3.05) is 48.3 Å². The van der Waals surface area contributed by atoms with Crippen LogP contribution in [-0.2, 0) is 12.8 Å². The predicted molar refractivity (Wildman–Crippen MR) is 139 cm³/mol. The Hall–Kier alpha value is -3.94. The van der Waals surface area contributed by atoms with Gasteiger partial charge in [-0.05, 0) is 31.0 Å². The molecule has 0 atom stereocenters. The minimum absolute atomic E-state index is 0.0222. The third kappa shape index (κ3) is 5.75. The molecule has 0 radical (unpaired) electrons. The number of piperidine rings is 1. The molecule has 0 spiro atoms. The number of halogens is 4. The molecule has 39 heavy (non-hydrogen) atoms. The largest absolute Gasteiger partial charge is 0.401 e. The third-order valence-electron chi connectivity index (χ3n) is 7.20. The number of nitrogens with zero attached hydrogens (tertiary/aromatic N) is 6. The topological polar surface area (TPSA) is 114 Å². The SMILES string of the molecule is Fc1cc(NC2CCN(CC(F)(F)F)CC2)ccc1Nc1nc(N2CCc3nc[nH]c3CC2)c2[nH]cnc2n1. The second-order valence-electron chi connectivity index (χ2n) is 9.92. The quantitative estimate of drug-likeness (QED) is 0.270. The Kier molecular flexibility index (Phi) is 6.71. The van der Waals surface area contributed by atoms with Crippen LogP contribution in [0, 0.1) is 5.82 Å². The number of H-pyrrole nitrogens is 2. The van der Waals surface area contributed by atoms with Crippen LogP contribution in [0.1, 0.15) is 24.2 Å². The van der Waals surface area contributed by atoms with Crippen LogP contribution in [0.5, 0.6) is 0 Å². The molecule has 206 valence electrons. The van der Waals surface area contributed by atoms with E-state index >= 15 is 4.39 Å². The van der Waals surface area contributed by atoms with Gasteiger partial charge in [-0.25, -0.2) is 14.4 Å². The minimum atomic E-state index is -4.20. The van der Waals surface area contributed by atoms with Gasteiger partial charge in [0.1, 0.15) is 11.3 Å². The Labute approximate surface area is 221 Å². The second-order valence-corrected chi connectivity index (χ2v) is 9.92. The molecule has 4 N–H and O–H groups in total. The van der Waals surface area contributed by atoms with Gasteiger partial charge in [0.15, 0.2) is 11.5 Å². The van der Waals surface area contributed by atoms with E-state index in [1.54, 1.807) is 24.8 Å². The van der Waals surface area contributed by atoms with E-state index in [1.807, 2.05) is 0 Å². The smallest absolute Gasteiger partial charge is 0.382 e. The van der Waals surface area contributed by atoms with Crippen molar-refractivity contribution < 1.29 is 17.6 Å². The van der Waals surface area contributed by atoms with Gasteiger partial charge in [-0.1, -0.05) is 0 Å². The van der Waals surface area contributed by atoms with E-state index in [2.05, 4.69) is 40.5 Å². The van der Waals surface area contributed by atoms with Gasteiger partial charge in [0.05, 0.1) is 30.6 Å². The normalized spacial score (nSPS) is 17.3. The lowest BCUT2D eigenvalue weighted by molar-refractivity contribution is -0.147. The maximum absolute atomic E-state index is 15.1. The van der Waals surface area contributed by atoms with Crippen molar-refractivity contribution in [1.82, 2.24) is 34.8 Å². The van der Waals surface area contributed by atoms with Gasteiger partial charge < -0.3 is 25.5 Å². The Bertz CT molecular complexity index is 1420. The second kappa shape index (κ2) is 10.3. The van der Waals surface area contributed by atoms with E-state index in [0.29, 0.717) is 55.1 Å². The highest BCUT2D eigenvalue weighted by atomic mass is 19.4. The molecule has 4 aromatic rings. The first kappa shape index (κ1) is 25.3. The molecular weight excluding hydrogens is 516 g/mol. The van der Waals surface area contributed by atoms with Crippen LogP contribution in [-0.4, -0.2) is 79.7 Å². The Morgan fingerprint density at radius 1 is 0.974 bits per heavy atom. The van der Waals surface area contributed by atoms with Crippen molar-refractivity contribution in [3.63, 3.8) is 0 Å². The summed E-state index contributed by atoms with van der Waals surface area (Å²) in [5.74, 6) is 0.406. The van der Waals surface area contributed by atoms with Crippen molar-refractivity contribution in [2.24, 2.45) is 0 Å². The van der Waals surface area contributed by atoms with Gasteiger partial charge in [0.2, 0.25) is 5.95 Å². The molecule has 3 aromatic heterocycles. The maximum atomic E-state index is 15.1. The van der Waals surface area contributed by atoms with Crippen molar-refractivity contribution >= 4 is 34.3 Å². The molecule has 0 aliphatic carbocycles. The monoisotopic (exact) mass is 544 g/mol. The number of aromatic nitrogens is 6. The molecule has 0 amide bonds. The molecule has 1 saturated heterocycles. The zero-order valence-corrected chi connectivity index (χ0v) is 21.0. The number of alkyl halides is 3. The van der Waals surface area contributed by atoms with E-state index in [1.165, 1.54) is 11.0 Å². The number of hydrogen-bond donors (Lipinski definition) is 4. The Morgan fingerprint density at radius 2 is 1.77 bits per heavy atom. The number of anilines is 4. The van der Waals surface area contributed by atoms with Crippen LogP contribution < -0.4 is 15.5 Å². The fraction of sp³-hybridized carbons (Fsp3) is 0.440. The number of nitrogens with one attached hydrogen (secondary N) is 4. The fourth-order valence-electron chi connectivity index (χ4n) is 5.25. The average Bonchev–Trinajstić information content (AvgIpc) is 3.51. The molecule has 1 fully saturated rings. The highest BCUT2D eigenvalue weighted by molar-refractivity contribution is 5.85. The number of likely N-dealkylation sites (tertiary alicyclic amines) is 1. The standard InChI is InChI=1S/C25H28F4N10/c26-17-11-16(34-15-3-7-38(8-4-15)12-25(27,28)29)1-2-18(17)35-24-36-22-21(32-14-33-22)23(37-24)39-9-5-19-20(6-10-39)31-13-30-19/h1-2,11,13-15,34H,3-10,12H2,(H,30,31)(H2,32,33,35,36,37). The summed E-state index contributed by atoms with van der Waals surface area (Å²) in [4.78, 5) is 27.7. The number of imidazole rings is 2. The van der Waals surface area contributed by atoms with E-state index in [4.69, 9.17) is 4.98 Å². The van der Waals surface area contributed by atoms with E-state index in [0.717, 1.165) is 30.8 Å². The van der Waals surface area contributed by atoms with Crippen LogP contribution in [0.25, 0.3) is 11.2 Å². The first-order chi connectivity index (χ1) is 18.8. The number of hydrogen-bond acceptors (Lipinski definition) is 8. The van der Waals surface area contributed by atoms with Gasteiger partial charge in [-0.15, -0.1) is 0 Å². The van der Waals surface area contributed by atoms with Crippen molar-refractivity contribution in [1.29, 1.82) is 0 Å². The molecular formula is C25H28F4N10. The van der Waals surface area contributed by atoms with Gasteiger partial charge in [0, 0.05) is 56.4 Å². The summed E-state index contributed by atoms with van der Waals surface area (Å²) in [6.45, 7) is 1.23. The number of rotatable bonds is 6. The molecule has 0 unspecified atom stereocenters. The summed E-state index contributed by atoms with van der Waals surface area (Å²) >= 11 is 0. The lowest BCUT2D eigenvalue weighted by atomic mass is 10.0. The van der Waals surface area contributed by atoms with Gasteiger partial charge in [-0.3, -0.25) is 4.90 Å². The summed E-state index contributed by atoms with van der Waals surface area (Å²) in [7, 11) is 0. The van der Waals surface area contributed by atoms with Crippen LogP contribution in [0.4, 0.5) is 40.7 Å². The summed E-state index contributed by atoms with van der Waals surface area (Å²) in [6, 6.07) is 4.68. The number of fused-ring (bicyclic) bond motifs is 2. The van der Waals surface area contributed by atoms with Crippen LogP contribution in [0.3, 0.4) is 0 Å². The first-order valence-electron chi connectivity index (χ1n) is 12.9. The summed E-state index contributed by atoms with van der Waals surface area (Å²) in [6.07, 6.45) is 1.74. The van der Waals surface area contributed by atoms with E-state index in [9.17, 15) is 13.2 Å². The minimum Gasteiger partial charge on any atom is -0.382 e. The van der Waals surface area contributed by atoms with Crippen LogP contribution in [0.15, 0.2) is 30.9 Å². The Morgan fingerprint density at radius 3 is 2.56 bits per heavy atom. The number of aromatic amines is 2. The predicted octanol–water partition coefficient (Wildman–Crippen LogP) is 4.00.